The molecule has 1 fully saturated rings. The standard InChI is InChI=1S/C21H27N3O3/c1-17(2)27-20-9-8-18(16-22-20)21(25)24-12-10-23(11-13-24)14-15-26-19-6-4-3-5-7-19/h3-9,16-17H,10-15H2,1-2H3. The number of piperazine rings is 1. The van der Waals surface area contributed by atoms with Gasteiger partial charge in [-0.1, -0.05) is 18.2 Å². The zero-order chi connectivity index (χ0) is 19.1. The highest BCUT2D eigenvalue weighted by atomic mass is 16.5. The fourth-order valence-electron chi connectivity index (χ4n) is 2.98. The SMILES string of the molecule is CC(C)Oc1ccc(C(=O)N2CCN(CCOc3ccccc3)CC2)cn1. The Kier molecular flexibility index (Phi) is 6.65. The maximum atomic E-state index is 12.6. The number of benzene rings is 1. The van der Waals surface area contributed by atoms with Crippen molar-refractivity contribution in [3.05, 3.63) is 54.2 Å². The average molecular weight is 369 g/mol. The highest BCUT2D eigenvalue weighted by Crippen LogP contribution is 2.13. The van der Waals surface area contributed by atoms with Crippen molar-refractivity contribution in [2.75, 3.05) is 39.3 Å². The van der Waals surface area contributed by atoms with Crippen molar-refractivity contribution in [1.82, 2.24) is 14.8 Å². The van der Waals surface area contributed by atoms with E-state index in [9.17, 15) is 4.79 Å². The Balaban J connectivity index is 1.42. The first-order chi connectivity index (χ1) is 13.1. The van der Waals surface area contributed by atoms with Crippen LogP contribution in [-0.2, 0) is 0 Å². The molecule has 0 N–H and O–H groups in total. The largest absolute Gasteiger partial charge is 0.492 e. The van der Waals surface area contributed by atoms with Gasteiger partial charge in [-0.3, -0.25) is 9.69 Å². The lowest BCUT2D eigenvalue weighted by Crippen LogP contribution is -2.49. The summed E-state index contributed by atoms with van der Waals surface area (Å²) in [4.78, 5) is 21.1. The summed E-state index contributed by atoms with van der Waals surface area (Å²) in [6.07, 6.45) is 1.66. The molecule has 6 nitrogen and oxygen atoms in total. The molecule has 2 aromatic rings. The third-order valence-electron chi connectivity index (χ3n) is 4.42. The Labute approximate surface area is 160 Å². The highest BCUT2D eigenvalue weighted by molar-refractivity contribution is 5.94. The molecular weight excluding hydrogens is 342 g/mol. The van der Waals surface area contributed by atoms with Gasteiger partial charge in [0.15, 0.2) is 0 Å². The molecule has 6 heteroatoms. The summed E-state index contributed by atoms with van der Waals surface area (Å²) in [6, 6.07) is 13.4. The van der Waals surface area contributed by atoms with Crippen molar-refractivity contribution >= 4 is 5.91 Å². The quantitative estimate of drug-likeness (QED) is 0.751. The summed E-state index contributed by atoms with van der Waals surface area (Å²) in [5.74, 6) is 1.47. The molecule has 27 heavy (non-hydrogen) atoms. The van der Waals surface area contributed by atoms with Crippen LogP contribution >= 0.6 is 0 Å². The van der Waals surface area contributed by atoms with E-state index in [-0.39, 0.29) is 12.0 Å². The van der Waals surface area contributed by atoms with Crippen LogP contribution in [0.1, 0.15) is 24.2 Å². The van der Waals surface area contributed by atoms with E-state index in [1.807, 2.05) is 49.1 Å². The number of rotatable bonds is 7. The number of nitrogens with zero attached hydrogens (tertiary/aromatic N) is 3. The lowest BCUT2D eigenvalue weighted by Gasteiger charge is -2.34. The predicted molar refractivity (Wildman–Crippen MR) is 104 cm³/mol. The second-order valence-electron chi connectivity index (χ2n) is 6.85. The summed E-state index contributed by atoms with van der Waals surface area (Å²) in [5.41, 5.74) is 0.604. The second kappa shape index (κ2) is 9.37. The number of hydrogen-bond donors (Lipinski definition) is 0. The summed E-state index contributed by atoms with van der Waals surface area (Å²) < 4.78 is 11.3. The van der Waals surface area contributed by atoms with Crippen molar-refractivity contribution < 1.29 is 14.3 Å². The molecule has 0 atom stereocenters. The number of carbonyl (C=O) groups is 1. The molecule has 0 bridgehead atoms. The van der Waals surface area contributed by atoms with Gasteiger partial charge in [-0.2, -0.15) is 0 Å². The fraction of sp³-hybridized carbons (Fsp3) is 0.429. The molecule has 1 aromatic carbocycles. The van der Waals surface area contributed by atoms with Gasteiger partial charge in [0.2, 0.25) is 5.88 Å². The molecule has 0 spiro atoms. The number of carbonyl (C=O) groups excluding carboxylic acids is 1. The molecule has 0 unspecified atom stereocenters. The van der Waals surface area contributed by atoms with Gasteiger partial charge in [-0.05, 0) is 32.0 Å². The van der Waals surface area contributed by atoms with E-state index < -0.39 is 0 Å². The first-order valence-corrected chi connectivity index (χ1v) is 9.44. The van der Waals surface area contributed by atoms with Crippen molar-refractivity contribution in [2.24, 2.45) is 0 Å². The zero-order valence-corrected chi connectivity index (χ0v) is 16.0. The molecule has 0 saturated carbocycles. The molecule has 1 aliphatic rings. The van der Waals surface area contributed by atoms with Crippen LogP contribution in [0.3, 0.4) is 0 Å². The van der Waals surface area contributed by atoms with Gasteiger partial charge in [0, 0.05) is 45.0 Å². The second-order valence-corrected chi connectivity index (χ2v) is 6.85. The van der Waals surface area contributed by atoms with E-state index in [4.69, 9.17) is 9.47 Å². The van der Waals surface area contributed by atoms with E-state index >= 15 is 0 Å². The first-order valence-electron chi connectivity index (χ1n) is 9.44. The number of para-hydroxylation sites is 1. The van der Waals surface area contributed by atoms with Crippen LogP contribution in [0.5, 0.6) is 11.6 Å². The molecule has 1 saturated heterocycles. The fourth-order valence-corrected chi connectivity index (χ4v) is 2.98. The lowest BCUT2D eigenvalue weighted by atomic mass is 10.2. The summed E-state index contributed by atoms with van der Waals surface area (Å²) in [7, 11) is 0. The zero-order valence-electron chi connectivity index (χ0n) is 16.0. The third kappa shape index (κ3) is 5.69. The van der Waals surface area contributed by atoms with E-state index in [0.717, 1.165) is 25.4 Å². The van der Waals surface area contributed by atoms with E-state index in [1.165, 1.54) is 0 Å². The Morgan fingerprint density at radius 1 is 1.07 bits per heavy atom. The minimum atomic E-state index is 0.0267. The maximum absolute atomic E-state index is 12.6. The average Bonchev–Trinajstić information content (AvgIpc) is 2.69. The summed E-state index contributed by atoms with van der Waals surface area (Å²) >= 11 is 0. The van der Waals surface area contributed by atoms with Gasteiger partial charge >= 0.3 is 0 Å². The van der Waals surface area contributed by atoms with Gasteiger partial charge in [-0.15, -0.1) is 0 Å². The Hall–Kier alpha value is -2.60. The number of pyridine rings is 1. The molecular formula is C21H27N3O3. The number of amides is 1. The number of hydrogen-bond acceptors (Lipinski definition) is 5. The molecule has 2 heterocycles. The van der Waals surface area contributed by atoms with Gasteiger partial charge in [0.1, 0.15) is 12.4 Å². The minimum Gasteiger partial charge on any atom is -0.492 e. The van der Waals surface area contributed by atoms with Crippen LogP contribution in [0.2, 0.25) is 0 Å². The van der Waals surface area contributed by atoms with Crippen LogP contribution in [0.25, 0.3) is 0 Å². The Morgan fingerprint density at radius 2 is 1.81 bits per heavy atom. The first kappa shape index (κ1) is 19.2. The number of ether oxygens (including phenoxy) is 2. The van der Waals surface area contributed by atoms with Crippen LogP contribution in [0.15, 0.2) is 48.7 Å². The van der Waals surface area contributed by atoms with Crippen LogP contribution < -0.4 is 9.47 Å². The van der Waals surface area contributed by atoms with Crippen molar-refractivity contribution in [3.8, 4) is 11.6 Å². The lowest BCUT2D eigenvalue weighted by molar-refractivity contribution is 0.0620. The Morgan fingerprint density at radius 3 is 2.44 bits per heavy atom. The van der Waals surface area contributed by atoms with Crippen LogP contribution in [0.4, 0.5) is 0 Å². The van der Waals surface area contributed by atoms with E-state index in [1.54, 1.807) is 18.3 Å². The van der Waals surface area contributed by atoms with Gasteiger partial charge in [0.25, 0.3) is 5.91 Å². The molecule has 1 amide bonds. The van der Waals surface area contributed by atoms with Gasteiger partial charge in [-0.25, -0.2) is 4.98 Å². The van der Waals surface area contributed by atoms with Crippen LogP contribution in [-0.4, -0.2) is 66.1 Å². The monoisotopic (exact) mass is 369 g/mol. The predicted octanol–water partition coefficient (Wildman–Crippen LogP) is 2.71. The Bertz CT molecular complexity index is 711. The highest BCUT2D eigenvalue weighted by Gasteiger charge is 2.22. The van der Waals surface area contributed by atoms with Crippen molar-refractivity contribution in [2.45, 2.75) is 20.0 Å². The smallest absolute Gasteiger partial charge is 0.255 e. The topological polar surface area (TPSA) is 54.9 Å². The molecule has 1 aromatic heterocycles. The van der Waals surface area contributed by atoms with Crippen molar-refractivity contribution in [1.29, 1.82) is 0 Å². The maximum Gasteiger partial charge on any atom is 0.255 e. The molecule has 1 aliphatic heterocycles. The van der Waals surface area contributed by atoms with E-state index in [2.05, 4.69) is 9.88 Å². The van der Waals surface area contributed by atoms with Crippen LogP contribution in [0, 0.1) is 0 Å². The van der Waals surface area contributed by atoms with Gasteiger partial charge < -0.3 is 14.4 Å². The van der Waals surface area contributed by atoms with Gasteiger partial charge in [0.05, 0.1) is 11.7 Å². The minimum absolute atomic E-state index is 0.0267. The molecule has 3 rings (SSSR count). The summed E-state index contributed by atoms with van der Waals surface area (Å²) in [6.45, 7) is 8.55. The molecule has 144 valence electrons. The third-order valence-corrected chi connectivity index (χ3v) is 4.42. The molecule has 0 aliphatic carbocycles. The molecule has 0 radical (unpaired) electrons. The van der Waals surface area contributed by atoms with E-state index in [0.29, 0.717) is 31.1 Å². The normalized spacial score (nSPS) is 15.0. The number of aromatic nitrogens is 1. The summed E-state index contributed by atoms with van der Waals surface area (Å²) in [5, 5.41) is 0. The van der Waals surface area contributed by atoms with Crippen molar-refractivity contribution in [3.63, 3.8) is 0 Å².